The van der Waals surface area contributed by atoms with Crippen LogP contribution in [-0.2, 0) is 0 Å². The summed E-state index contributed by atoms with van der Waals surface area (Å²) in [6.07, 6.45) is 0. The zero-order valence-corrected chi connectivity index (χ0v) is 8.20. The lowest BCUT2D eigenvalue weighted by molar-refractivity contribution is 0.0986. The Morgan fingerprint density at radius 3 is 2.38 bits per heavy atom. The summed E-state index contributed by atoms with van der Waals surface area (Å²) in [7, 11) is 0. The van der Waals surface area contributed by atoms with Gasteiger partial charge in [-0.3, -0.25) is 9.59 Å². The first-order chi connectivity index (χ1) is 6.13. The van der Waals surface area contributed by atoms with Gasteiger partial charge in [-0.2, -0.15) is 0 Å². The van der Waals surface area contributed by atoms with Crippen molar-refractivity contribution in [2.24, 2.45) is 0 Å². The molecule has 0 aromatic carbocycles. The highest BCUT2D eigenvalue weighted by Crippen LogP contribution is 2.30. The van der Waals surface area contributed by atoms with E-state index in [9.17, 15) is 9.59 Å². The third kappa shape index (κ3) is 1.12. The number of nitrogens with zero attached hydrogens (tertiary/aromatic N) is 2. The summed E-state index contributed by atoms with van der Waals surface area (Å²) in [5, 5.41) is 2.95. The lowest BCUT2D eigenvalue weighted by Gasteiger charge is -2.06. The first-order valence-corrected chi connectivity index (χ1v) is 4.63. The number of allylic oxidation sites excluding steroid dienone is 2. The average Bonchev–Trinajstić information content (AvgIpc) is 2.59. The SMILES string of the molecule is O=C1C(Cl)=C(Cl)C(=O)c2snnc21. The van der Waals surface area contributed by atoms with Crippen molar-refractivity contribution in [2.45, 2.75) is 0 Å². The van der Waals surface area contributed by atoms with Crippen molar-refractivity contribution in [1.82, 2.24) is 9.59 Å². The van der Waals surface area contributed by atoms with Gasteiger partial charge in [0.25, 0.3) is 0 Å². The molecule has 0 saturated carbocycles. The van der Waals surface area contributed by atoms with Gasteiger partial charge in [0.2, 0.25) is 11.6 Å². The fraction of sp³-hybridized carbons (Fsp3) is 0. The molecule has 1 aromatic rings. The Morgan fingerprint density at radius 2 is 1.69 bits per heavy atom. The van der Waals surface area contributed by atoms with Crippen LogP contribution in [0.5, 0.6) is 0 Å². The highest BCUT2D eigenvalue weighted by molar-refractivity contribution is 7.09. The number of hydrogen-bond donors (Lipinski definition) is 0. The van der Waals surface area contributed by atoms with Crippen molar-refractivity contribution in [3.63, 3.8) is 0 Å². The third-order valence-corrected chi connectivity index (χ3v) is 3.04. The highest BCUT2D eigenvalue weighted by Gasteiger charge is 2.33. The molecule has 0 amide bonds. The molecule has 0 bridgehead atoms. The number of rotatable bonds is 0. The van der Waals surface area contributed by atoms with E-state index < -0.39 is 11.6 Å². The largest absolute Gasteiger partial charge is 0.286 e. The van der Waals surface area contributed by atoms with Gasteiger partial charge in [-0.1, -0.05) is 27.7 Å². The minimum Gasteiger partial charge on any atom is -0.286 e. The molecule has 13 heavy (non-hydrogen) atoms. The molecule has 0 saturated heterocycles. The van der Waals surface area contributed by atoms with Gasteiger partial charge < -0.3 is 0 Å². The maximum Gasteiger partial charge on any atom is 0.227 e. The second-order valence-corrected chi connectivity index (χ2v) is 3.75. The zero-order valence-electron chi connectivity index (χ0n) is 5.88. The van der Waals surface area contributed by atoms with Crippen LogP contribution in [0.15, 0.2) is 10.1 Å². The number of fused-ring (bicyclic) bond motifs is 1. The molecule has 4 nitrogen and oxygen atoms in total. The first-order valence-electron chi connectivity index (χ1n) is 3.10. The fourth-order valence-corrected chi connectivity index (χ4v) is 1.91. The molecule has 0 unspecified atom stereocenters. The van der Waals surface area contributed by atoms with Crippen LogP contribution < -0.4 is 0 Å². The van der Waals surface area contributed by atoms with E-state index in [0.29, 0.717) is 0 Å². The maximum absolute atomic E-state index is 11.3. The van der Waals surface area contributed by atoms with Crippen LogP contribution in [0.25, 0.3) is 0 Å². The highest BCUT2D eigenvalue weighted by atomic mass is 35.5. The van der Waals surface area contributed by atoms with Gasteiger partial charge in [0.05, 0.1) is 0 Å². The van der Waals surface area contributed by atoms with Crippen LogP contribution in [0.3, 0.4) is 0 Å². The van der Waals surface area contributed by atoms with E-state index in [1.807, 2.05) is 0 Å². The van der Waals surface area contributed by atoms with Crippen LogP contribution in [-0.4, -0.2) is 21.2 Å². The monoisotopic (exact) mass is 234 g/mol. The number of ketones is 2. The molecule has 66 valence electrons. The average molecular weight is 235 g/mol. The van der Waals surface area contributed by atoms with Crippen molar-refractivity contribution >= 4 is 46.3 Å². The van der Waals surface area contributed by atoms with Gasteiger partial charge in [0.15, 0.2) is 5.69 Å². The zero-order chi connectivity index (χ0) is 9.59. The van der Waals surface area contributed by atoms with E-state index in [2.05, 4.69) is 9.59 Å². The summed E-state index contributed by atoms with van der Waals surface area (Å²) in [6.45, 7) is 0. The molecule has 1 heterocycles. The number of Topliss-reactive ketones (excluding diaryl/α,β-unsaturated/α-hetero) is 2. The Bertz CT molecular complexity index is 413. The summed E-state index contributed by atoms with van der Waals surface area (Å²) < 4.78 is 3.48. The summed E-state index contributed by atoms with van der Waals surface area (Å²) >= 11 is 11.9. The Morgan fingerprint density at radius 1 is 1.08 bits per heavy atom. The van der Waals surface area contributed by atoms with Crippen LogP contribution in [0.2, 0.25) is 0 Å². The lowest BCUT2D eigenvalue weighted by atomic mass is 10.1. The lowest BCUT2D eigenvalue weighted by Crippen LogP contribution is -2.16. The molecule has 7 heteroatoms. The quantitative estimate of drug-likeness (QED) is 0.685. The van der Waals surface area contributed by atoms with E-state index in [0.717, 1.165) is 11.5 Å². The second-order valence-electron chi connectivity index (χ2n) is 2.24. The van der Waals surface area contributed by atoms with Crippen LogP contribution in [0, 0.1) is 0 Å². The molecular weight excluding hydrogens is 235 g/mol. The minimum absolute atomic E-state index is 0.00981. The Balaban J connectivity index is 2.71. The molecule has 0 fully saturated rings. The molecule has 0 aliphatic heterocycles. The number of carbonyl (C=O) groups is 2. The molecule has 0 spiro atoms. The third-order valence-electron chi connectivity index (χ3n) is 1.50. The van der Waals surface area contributed by atoms with E-state index in [1.54, 1.807) is 0 Å². The van der Waals surface area contributed by atoms with Gasteiger partial charge in [0.1, 0.15) is 14.9 Å². The van der Waals surface area contributed by atoms with E-state index >= 15 is 0 Å². The second kappa shape index (κ2) is 2.87. The van der Waals surface area contributed by atoms with Gasteiger partial charge in [-0.05, 0) is 11.5 Å². The van der Waals surface area contributed by atoms with Gasteiger partial charge in [-0.25, -0.2) is 0 Å². The van der Waals surface area contributed by atoms with Gasteiger partial charge in [0, 0.05) is 0 Å². The van der Waals surface area contributed by atoms with Crippen molar-refractivity contribution < 1.29 is 9.59 Å². The number of aromatic nitrogens is 2. The summed E-state index contributed by atoms with van der Waals surface area (Å²) in [6, 6.07) is 0. The molecule has 0 N–H and O–H groups in total. The smallest absolute Gasteiger partial charge is 0.227 e. The normalized spacial score (nSPS) is 16.5. The predicted octanol–water partition coefficient (Wildman–Crippen LogP) is 1.61. The standard InChI is InChI=1S/C6Cl2N2O2S/c7-1-2(8)5(12)6-3(4(1)11)9-10-13-6. The molecule has 2 rings (SSSR count). The van der Waals surface area contributed by atoms with Crippen molar-refractivity contribution in [1.29, 1.82) is 0 Å². The summed E-state index contributed by atoms with van der Waals surface area (Å²) in [4.78, 5) is 22.8. The predicted molar refractivity (Wildman–Crippen MR) is 47.3 cm³/mol. The van der Waals surface area contributed by atoms with Gasteiger partial charge >= 0.3 is 0 Å². The summed E-state index contributed by atoms with van der Waals surface area (Å²) in [5.74, 6) is -1.04. The van der Waals surface area contributed by atoms with E-state index in [4.69, 9.17) is 23.2 Å². The minimum atomic E-state index is -0.546. The van der Waals surface area contributed by atoms with Crippen LogP contribution in [0.4, 0.5) is 0 Å². The number of carbonyl (C=O) groups excluding carboxylic acids is 2. The molecule has 1 aromatic heterocycles. The topological polar surface area (TPSA) is 59.9 Å². The molecular formula is C6Cl2N2O2S. The van der Waals surface area contributed by atoms with Crippen molar-refractivity contribution in [3.05, 3.63) is 20.6 Å². The summed E-state index contributed by atoms with van der Waals surface area (Å²) in [5.41, 5.74) is -0.00981. The van der Waals surface area contributed by atoms with Crippen molar-refractivity contribution in [3.8, 4) is 0 Å². The molecule has 0 atom stereocenters. The number of hydrogen-bond acceptors (Lipinski definition) is 5. The fourth-order valence-electron chi connectivity index (χ4n) is 0.891. The molecule has 0 radical (unpaired) electrons. The Kier molecular flexibility index (Phi) is 1.94. The van der Waals surface area contributed by atoms with Crippen molar-refractivity contribution in [2.75, 3.05) is 0 Å². The maximum atomic E-state index is 11.3. The first kappa shape index (κ1) is 8.80. The molecule has 1 aliphatic carbocycles. The van der Waals surface area contributed by atoms with E-state index in [-0.39, 0.29) is 20.6 Å². The Labute approximate surface area is 86.3 Å². The van der Waals surface area contributed by atoms with E-state index in [1.165, 1.54) is 0 Å². The Hall–Kier alpha value is -0.780. The van der Waals surface area contributed by atoms with Gasteiger partial charge in [-0.15, -0.1) is 5.10 Å². The van der Waals surface area contributed by atoms with Crippen LogP contribution in [0.1, 0.15) is 20.2 Å². The number of halogens is 2. The molecule has 1 aliphatic rings. The van der Waals surface area contributed by atoms with Crippen LogP contribution >= 0.6 is 34.7 Å².